The molecule has 1 N–H and O–H groups in total. The number of ether oxygens (including phenoxy) is 2. The van der Waals surface area contributed by atoms with E-state index in [0.717, 1.165) is 20.1 Å². The molecular formula is C23H19Br3N2O3. The van der Waals surface area contributed by atoms with Crippen molar-refractivity contribution in [3.8, 4) is 11.5 Å². The fraction of sp³-hybridized carbons (Fsp3) is 0.130. The molecule has 0 aliphatic heterocycles. The molecule has 3 aromatic rings. The third-order valence-corrected chi connectivity index (χ3v) is 5.94. The van der Waals surface area contributed by atoms with Crippen molar-refractivity contribution >= 4 is 59.9 Å². The number of amides is 1. The van der Waals surface area contributed by atoms with E-state index in [2.05, 4.69) is 58.3 Å². The van der Waals surface area contributed by atoms with Gasteiger partial charge in [-0.3, -0.25) is 4.79 Å². The van der Waals surface area contributed by atoms with Crippen LogP contribution < -0.4 is 14.9 Å². The maximum absolute atomic E-state index is 12.3. The van der Waals surface area contributed by atoms with Crippen molar-refractivity contribution in [3.05, 3.63) is 90.8 Å². The summed E-state index contributed by atoms with van der Waals surface area (Å²) >= 11 is 10.3. The van der Waals surface area contributed by atoms with E-state index in [-0.39, 0.29) is 5.91 Å². The minimum atomic E-state index is -0.303. The fourth-order valence-corrected chi connectivity index (χ4v) is 3.98. The Morgan fingerprint density at radius 1 is 1.00 bits per heavy atom. The standard InChI is InChI=1S/C23H19Br3N2O3/c1-2-30-21-12-16(13-27-28-23(29)18-5-3-4-6-19(18)25)11-20(26)22(21)31-14-15-7-9-17(24)10-8-15/h3-13H,2,14H2,1H3,(H,28,29)/b27-13+. The van der Waals surface area contributed by atoms with Crippen molar-refractivity contribution in [2.75, 3.05) is 6.61 Å². The smallest absolute Gasteiger partial charge is 0.272 e. The van der Waals surface area contributed by atoms with Crippen LogP contribution in [-0.2, 0) is 6.61 Å². The van der Waals surface area contributed by atoms with Crippen LogP contribution in [0.15, 0.2) is 79.2 Å². The van der Waals surface area contributed by atoms with Crippen molar-refractivity contribution in [2.24, 2.45) is 5.10 Å². The zero-order valence-corrected chi connectivity index (χ0v) is 21.3. The summed E-state index contributed by atoms with van der Waals surface area (Å²) in [4.78, 5) is 12.3. The lowest BCUT2D eigenvalue weighted by Crippen LogP contribution is -2.18. The van der Waals surface area contributed by atoms with Crippen molar-refractivity contribution in [3.63, 3.8) is 0 Å². The van der Waals surface area contributed by atoms with Gasteiger partial charge in [0.25, 0.3) is 5.91 Å². The third kappa shape index (κ3) is 6.66. The second-order valence-electron chi connectivity index (χ2n) is 6.36. The Bertz CT molecular complexity index is 1090. The first-order valence-electron chi connectivity index (χ1n) is 9.39. The highest BCUT2D eigenvalue weighted by atomic mass is 79.9. The number of carbonyl (C=O) groups is 1. The van der Waals surface area contributed by atoms with Gasteiger partial charge in [0.2, 0.25) is 0 Å². The van der Waals surface area contributed by atoms with Gasteiger partial charge in [-0.25, -0.2) is 5.43 Å². The average molecular weight is 611 g/mol. The molecule has 0 bridgehead atoms. The third-order valence-electron chi connectivity index (χ3n) is 4.13. The minimum absolute atomic E-state index is 0.303. The number of hydrogen-bond donors (Lipinski definition) is 1. The number of carbonyl (C=O) groups excluding carboxylic acids is 1. The first-order valence-corrected chi connectivity index (χ1v) is 11.8. The molecule has 0 unspecified atom stereocenters. The van der Waals surface area contributed by atoms with Gasteiger partial charge in [0.05, 0.1) is 22.9 Å². The molecule has 160 valence electrons. The summed E-state index contributed by atoms with van der Waals surface area (Å²) in [7, 11) is 0. The Labute approximate surface area is 206 Å². The van der Waals surface area contributed by atoms with Crippen molar-refractivity contribution in [1.29, 1.82) is 0 Å². The first-order chi connectivity index (χ1) is 15.0. The number of nitrogens with one attached hydrogen (secondary N) is 1. The number of hydrazone groups is 1. The van der Waals surface area contributed by atoms with Gasteiger partial charge < -0.3 is 9.47 Å². The van der Waals surface area contributed by atoms with Crippen LogP contribution in [0.1, 0.15) is 28.4 Å². The summed E-state index contributed by atoms with van der Waals surface area (Å²) < 4.78 is 14.2. The SMILES string of the molecule is CCOc1cc(/C=N/NC(=O)c2ccccc2Br)cc(Br)c1OCc1ccc(Br)cc1. The van der Waals surface area contributed by atoms with E-state index in [9.17, 15) is 4.79 Å². The molecule has 0 heterocycles. The van der Waals surface area contributed by atoms with Gasteiger partial charge >= 0.3 is 0 Å². The Morgan fingerprint density at radius 2 is 1.74 bits per heavy atom. The molecule has 3 aromatic carbocycles. The van der Waals surface area contributed by atoms with Gasteiger partial charge in [-0.1, -0.05) is 40.2 Å². The average Bonchev–Trinajstić information content (AvgIpc) is 2.75. The molecule has 0 aromatic heterocycles. The van der Waals surface area contributed by atoms with Crippen molar-refractivity contribution < 1.29 is 14.3 Å². The lowest BCUT2D eigenvalue weighted by molar-refractivity contribution is 0.0954. The molecular weight excluding hydrogens is 592 g/mol. The number of benzene rings is 3. The summed E-state index contributed by atoms with van der Waals surface area (Å²) in [6.45, 7) is 2.80. The van der Waals surface area contributed by atoms with Crippen LogP contribution in [0.2, 0.25) is 0 Å². The van der Waals surface area contributed by atoms with Crippen LogP contribution in [-0.4, -0.2) is 18.7 Å². The topological polar surface area (TPSA) is 59.9 Å². The minimum Gasteiger partial charge on any atom is -0.490 e. The Morgan fingerprint density at radius 3 is 2.45 bits per heavy atom. The van der Waals surface area contributed by atoms with Crippen molar-refractivity contribution in [2.45, 2.75) is 13.5 Å². The summed E-state index contributed by atoms with van der Waals surface area (Å²) in [6, 6.07) is 18.8. The molecule has 0 radical (unpaired) electrons. The maximum atomic E-state index is 12.3. The zero-order valence-electron chi connectivity index (χ0n) is 16.6. The van der Waals surface area contributed by atoms with Gasteiger partial charge in [0, 0.05) is 8.95 Å². The molecule has 8 heteroatoms. The maximum Gasteiger partial charge on any atom is 0.272 e. The lowest BCUT2D eigenvalue weighted by Gasteiger charge is -2.14. The van der Waals surface area contributed by atoms with Gasteiger partial charge in [0.1, 0.15) is 6.61 Å². The molecule has 0 fully saturated rings. The molecule has 0 spiro atoms. The second-order valence-corrected chi connectivity index (χ2v) is 8.98. The van der Waals surface area contributed by atoms with Crippen LogP contribution in [0.5, 0.6) is 11.5 Å². The van der Waals surface area contributed by atoms with Crippen LogP contribution in [0.25, 0.3) is 0 Å². The molecule has 0 saturated heterocycles. The van der Waals surface area contributed by atoms with Gasteiger partial charge in [-0.05, 0) is 86.3 Å². The summed E-state index contributed by atoms with van der Waals surface area (Å²) in [5, 5.41) is 4.07. The Hall–Kier alpha value is -2.16. The molecule has 31 heavy (non-hydrogen) atoms. The van der Waals surface area contributed by atoms with Gasteiger partial charge in [0.15, 0.2) is 11.5 Å². The summed E-state index contributed by atoms with van der Waals surface area (Å²) in [5.41, 5.74) is 4.83. The number of rotatable bonds is 8. The van der Waals surface area contributed by atoms with Gasteiger partial charge in [-0.2, -0.15) is 5.10 Å². The first kappa shape index (κ1) is 23.5. The lowest BCUT2D eigenvalue weighted by atomic mass is 10.2. The quantitative estimate of drug-likeness (QED) is 0.228. The summed E-state index contributed by atoms with van der Waals surface area (Å²) in [6.07, 6.45) is 1.56. The molecule has 0 saturated carbocycles. The second kappa shape index (κ2) is 11.5. The highest BCUT2D eigenvalue weighted by Crippen LogP contribution is 2.37. The zero-order chi connectivity index (χ0) is 22.2. The molecule has 5 nitrogen and oxygen atoms in total. The van der Waals surface area contributed by atoms with Crippen LogP contribution in [0, 0.1) is 0 Å². The van der Waals surface area contributed by atoms with E-state index in [1.54, 1.807) is 24.4 Å². The molecule has 0 aliphatic rings. The van der Waals surface area contributed by atoms with E-state index < -0.39 is 0 Å². The molecule has 0 atom stereocenters. The monoisotopic (exact) mass is 608 g/mol. The van der Waals surface area contributed by atoms with Crippen LogP contribution in [0.3, 0.4) is 0 Å². The Kier molecular flexibility index (Phi) is 8.69. The highest BCUT2D eigenvalue weighted by Gasteiger charge is 2.13. The largest absolute Gasteiger partial charge is 0.490 e. The van der Waals surface area contributed by atoms with E-state index in [4.69, 9.17) is 9.47 Å². The summed E-state index contributed by atoms with van der Waals surface area (Å²) in [5.74, 6) is 0.897. The fourth-order valence-electron chi connectivity index (χ4n) is 2.67. The van der Waals surface area contributed by atoms with E-state index >= 15 is 0 Å². The Balaban J connectivity index is 1.73. The number of hydrogen-bond acceptors (Lipinski definition) is 4. The van der Waals surface area contributed by atoms with Gasteiger partial charge in [-0.15, -0.1) is 0 Å². The van der Waals surface area contributed by atoms with Crippen LogP contribution >= 0.6 is 47.8 Å². The van der Waals surface area contributed by atoms with E-state index in [1.807, 2.05) is 49.4 Å². The van der Waals surface area contributed by atoms with Crippen molar-refractivity contribution in [1.82, 2.24) is 5.43 Å². The van der Waals surface area contributed by atoms with Crippen LogP contribution in [0.4, 0.5) is 0 Å². The predicted molar refractivity (Wildman–Crippen MR) is 133 cm³/mol. The molecule has 3 rings (SSSR count). The number of halogens is 3. The predicted octanol–water partition coefficient (Wildman–Crippen LogP) is 6.72. The normalized spacial score (nSPS) is 10.8. The van der Waals surface area contributed by atoms with E-state index in [0.29, 0.717) is 34.7 Å². The number of nitrogens with zero attached hydrogens (tertiary/aromatic N) is 1. The van der Waals surface area contributed by atoms with E-state index in [1.165, 1.54) is 0 Å². The molecule has 1 amide bonds. The highest BCUT2D eigenvalue weighted by molar-refractivity contribution is 9.11. The molecule has 0 aliphatic carbocycles.